The number of nitrogens with two attached hydrogens (primary N) is 1. The number of hydrogen-bond donors (Lipinski definition) is 2. The van der Waals surface area contributed by atoms with Crippen LogP contribution in [0.25, 0.3) is 0 Å². The molecule has 2 aromatic rings. The number of nitro benzene ring substituents is 1. The first-order valence-electron chi connectivity index (χ1n) is 6.02. The van der Waals surface area contributed by atoms with Gasteiger partial charge in [0, 0.05) is 6.61 Å². The third kappa shape index (κ3) is 3.04. The van der Waals surface area contributed by atoms with Gasteiger partial charge in [-0.3, -0.25) is 10.1 Å². The van der Waals surface area contributed by atoms with E-state index in [2.05, 4.69) is 0 Å². The monoisotopic (exact) mass is 274 g/mol. The number of nitrogen functional groups attached to an aromatic ring is 1. The van der Waals surface area contributed by atoms with Crippen molar-refractivity contribution in [1.82, 2.24) is 0 Å². The molecule has 0 aromatic heterocycles. The number of aliphatic hydroxyl groups excluding tert-OH is 1. The lowest BCUT2D eigenvalue weighted by Gasteiger charge is -2.08. The average molecular weight is 274 g/mol. The molecule has 0 spiro atoms. The molecule has 20 heavy (non-hydrogen) atoms. The Kier molecular flexibility index (Phi) is 4.17. The predicted octanol–water partition coefficient (Wildman–Crippen LogP) is 2.50. The number of para-hydroxylation sites is 1. The van der Waals surface area contributed by atoms with Crippen LogP contribution in [0.3, 0.4) is 0 Å². The van der Waals surface area contributed by atoms with E-state index in [0.717, 1.165) is 5.56 Å². The molecule has 6 heteroatoms. The minimum atomic E-state index is -0.565. The Morgan fingerprint density at radius 2 is 1.90 bits per heavy atom. The molecule has 0 saturated carbocycles. The first-order chi connectivity index (χ1) is 9.61. The van der Waals surface area contributed by atoms with Crippen LogP contribution in [0.1, 0.15) is 5.56 Å². The second kappa shape index (κ2) is 6.03. The van der Waals surface area contributed by atoms with Gasteiger partial charge in [0.25, 0.3) is 0 Å². The largest absolute Gasteiger partial charge is 0.450 e. The van der Waals surface area contributed by atoms with E-state index in [1.807, 2.05) is 0 Å². The number of nitrogens with zero attached hydrogens (tertiary/aromatic N) is 1. The molecule has 0 bridgehead atoms. The summed E-state index contributed by atoms with van der Waals surface area (Å²) in [6, 6.07) is 11.5. The summed E-state index contributed by atoms with van der Waals surface area (Å²) in [6.45, 7) is 0.0703. The molecule has 0 aliphatic rings. The molecule has 0 atom stereocenters. The Bertz CT molecular complexity index is 611. The zero-order valence-electron chi connectivity index (χ0n) is 10.7. The summed E-state index contributed by atoms with van der Waals surface area (Å²) < 4.78 is 5.50. The van der Waals surface area contributed by atoms with Crippen LogP contribution in [0.5, 0.6) is 11.5 Å². The maximum absolute atomic E-state index is 11.0. The average Bonchev–Trinajstić information content (AvgIpc) is 2.41. The maximum atomic E-state index is 11.0. The Hall–Kier alpha value is -2.60. The molecule has 6 nitrogen and oxygen atoms in total. The van der Waals surface area contributed by atoms with E-state index in [1.54, 1.807) is 30.3 Å². The van der Waals surface area contributed by atoms with E-state index in [4.69, 9.17) is 15.6 Å². The molecule has 0 amide bonds. The van der Waals surface area contributed by atoms with Gasteiger partial charge in [0.2, 0.25) is 5.75 Å². The molecule has 0 saturated heterocycles. The molecule has 0 heterocycles. The number of benzene rings is 2. The highest BCUT2D eigenvalue weighted by atomic mass is 16.6. The van der Waals surface area contributed by atoms with Crippen molar-refractivity contribution in [2.45, 2.75) is 6.42 Å². The van der Waals surface area contributed by atoms with Gasteiger partial charge in [0.15, 0.2) is 0 Å². The summed E-state index contributed by atoms with van der Waals surface area (Å²) >= 11 is 0. The summed E-state index contributed by atoms with van der Waals surface area (Å²) in [5, 5.41) is 19.8. The van der Waals surface area contributed by atoms with Crippen LogP contribution in [0.4, 0.5) is 11.4 Å². The standard InChI is InChI=1S/C14H14N2O4/c15-12-2-1-3-13(14(12)16(18)19)20-11-6-4-10(5-7-11)8-9-17/h1-7,17H,8-9,15H2. The zero-order chi connectivity index (χ0) is 14.5. The highest BCUT2D eigenvalue weighted by molar-refractivity contribution is 5.66. The Morgan fingerprint density at radius 1 is 1.20 bits per heavy atom. The molecule has 0 unspecified atom stereocenters. The molecule has 104 valence electrons. The molecule has 0 fully saturated rings. The maximum Gasteiger partial charge on any atom is 0.334 e. The van der Waals surface area contributed by atoms with Gasteiger partial charge in [-0.05, 0) is 36.2 Å². The fraction of sp³-hybridized carbons (Fsp3) is 0.143. The zero-order valence-corrected chi connectivity index (χ0v) is 10.7. The van der Waals surface area contributed by atoms with E-state index >= 15 is 0 Å². The van der Waals surface area contributed by atoms with Crippen LogP contribution < -0.4 is 10.5 Å². The van der Waals surface area contributed by atoms with Crippen molar-refractivity contribution in [2.24, 2.45) is 0 Å². The quantitative estimate of drug-likeness (QED) is 0.496. The van der Waals surface area contributed by atoms with Crippen molar-refractivity contribution in [2.75, 3.05) is 12.3 Å². The van der Waals surface area contributed by atoms with E-state index in [9.17, 15) is 10.1 Å². The van der Waals surface area contributed by atoms with Gasteiger partial charge in [0.05, 0.1) is 4.92 Å². The molecular weight excluding hydrogens is 260 g/mol. The number of anilines is 1. The number of ether oxygens (including phenoxy) is 1. The lowest BCUT2D eigenvalue weighted by atomic mass is 10.1. The summed E-state index contributed by atoms with van der Waals surface area (Å²) in [5.41, 5.74) is 6.37. The molecule has 0 aliphatic heterocycles. The fourth-order valence-corrected chi connectivity index (χ4v) is 1.80. The number of aliphatic hydroxyl groups is 1. The van der Waals surface area contributed by atoms with Crippen molar-refractivity contribution in [3.8, 4) is 11.5 Å². The third-order valence-corrected chi connectivity index (χ3v) is 2.76. The van der Waals surface area contributed by atoms with Gasteiger partial charge < -0.3 is 15.6 Å². The SMILES string of the molecule is Nc1cccc(Oc2ccc(CCO)cc2)c1[N+](=O)[O-]. The summed E-state index contributed by atoms with van der Waals surface area (Å²) in [5.74, 6) is 0.574. The van der Waals surface area contributed by atoms with Crippen LogP contribution in [0.2, 0.25) is 0 Å². The van der Waals surface area contributed by atoms with Crippen molar-refractivity contribution in [3.63, 3.8) is 0 Å². The van der Waals surface area contributed by atoms with Gasteiger partial charge >= 0.3 is 5.69 Å². The fourth-order valence-electron chi connectivity index (χ4n) is 1.80. The number of hydrogen-bond acceptors (Lipinski definition) is 5. The van der Waals surface area contributed by atoms with Crippen molar-refractivity contribution >= 4 is 11.4 Å². The molecule has 2 aromatic carbocycles. The lowest BCUT2D eigenvalue weighted by molar-refractivity contribution is -0.384. The summed E-state index contributed by atoms with van der Waals surface area (Å²) in [7, 11) is 0. The van der Waals surface area contributed by atoms with Crippen LogP contribution >= 0.6 is 0 Å². The van der Waals surface area contributed by atoms with Crippen LogP contribution in [-0.4, -0.2) is 16.6 Å². The van der Waals surface area contributed by atoms with Crippen LogP contribution in [0, 0.1) is 10.1 Å². The molecule has 0 radical (unpaired) electrons. The molecular formula is C14H14N2O4. The van der Waals surface area contributed by atoms with Gasteiger partial charge in [-0.15, -0.1) is 0 Å². The first kappa shape index (κ1) is 13.8. The Balaban J connectivity index is 2.26. The van der Waals surface area contributed by atoms with Gasteiger partial charge in [-0.2, -0.15) is 0 Å². The normalized spacial score (nSPS) is 10.2. The summed E-state index contributed by atoms with van der Waals surface area (Å²) in [4.78, 5) is 10.4. The van der Waals surface area contributed by atoms with Crippen molar-refractivity contribution in [1.29, 1.82) is 0 Å². The van der Waals surface area contributed by atoms with Crippen LogP contribution in [0.15, 0.2) is 42.5 Å². The lowest BCUT2D eigenvalue weighted by Crippen LogP contribution is -1.98. The summed E-state index contributed by atoms with van der Waals surface area (Å²) in [6.07, 6.45) is 0.554. The third-order valence-electron chi connectivity index (χ3n) is 2.76. The Morgan fingerprint density at radius 3 is 2.50 bits per heavy atom. The minimum absolute atomic E-state index is 0.0596. The highest BCUT2D eigenvalue weighted by Crippen LogP contribution is 2.35. The van der Waals surface area contributed by atoms with E-state index in [0.29, 0.717) is 12.2 Å². The van der Waals surface area contributed by atoms with E-state index in [-0.39, 0.29) is 23.7 Å². The molecule has 2 rings (SSSR count). The number of rotatable bonds is 5. The molecule has 3 N–H and O–H groups in total. The van der Waals surface area contributed by atoms with Crippen molar-refractivity contribution < 1.29 is 14.8 Å². The van der Waals surface area contributed by atoms with E-state index in [1.165, 1.54) is 12.1 Å². The first-order valence-corrected chi connectivity index (χ1v) is 6.02. The van der Waals surface area contributed by atoms with Gasteiger partial charge in [-0.25, -0.2) is 0 Å². The number of nitro groups is 1. The molecule has 0 aliphatic carbocycles. The van der Waals surface area contributed by atoms with Gasteiger partial charge in [0.1, 0.15) is 11.4 Å². The Labute approximate surface area is 115 Å². The van der Waals surface area contributed by atoms with Gasteiger partial charge in [-0.1, -0.05) is 18.2 Å². The van der Waals surface area contributed by atoms with Crippen molar-refractivity contribution in [3.05, 3.63) is 58.1 Å². The second-order valence-electron chi connectivity index (χ2n) is 4.17. The second-order valence-corrected chi connectivity index (χ2v) is 4.17. The minimum Gasteiger partial charge on any atom is -0.450 e. The van der Waals surface area contributed by atoms with E-state index < -0.39 is 4.92 Å². The predicted molar refractivity (Wildman–Crippen MR) is 74.8 cm³/mol. The van der Waals surface area contributed by atoms with Crippen LogP contribution in [-0.2, 0) is 6.42 Å². The topological polar surface area (TPSA) is 98.6 Å². The highest BCUT2D eigenvalue weighted by Gasteiger charge is 2.19. The smallest absolute Gasteiger partial charge is 0.334 e.